The van der Waals surface area contributed by atoms with Crippen LogP contribution in [0.4, 0.5) is 0 Å². The van der Waals surface area contributed by atoms with Crippen LogP contribution in [0.2, 0.25) is 0 Å². The van der Waals surface area contributed by atoms with Crippen LogP contribution in [0.25, 0.3) is 5.65 Å². The SMILES string of the molecule is N#Cc1cnn2cc(CNC3CC3)cnc12. The maximum absolute atomic E-state index is 8.82. The molecule has 1 aliphatic carbocycles. The summed E-state index contributed by atoms with van der Waals surface area (Å²) in [6, 6.07) is 2.75. The Labute approximate surface area is 92.7 Å². The Morgan fingerprint density at radius 2 is 2.38 bits per heavy atom. The van der Waals surface area contributed by atoms with Crippen LogP contribution in [-0.4, -0.2) is 20.6 Å². The van der Waals surface area contributed by atoms with Gasteiger partial charge in [0.25, 0.3) is 0 Å². The highest BCUT2D eigenvalue weighted by Crippen LogP contribution is 2.19. The maximum atomic E-state index is 8.82. The molecule has 2 aromatic rings. The monoisotopic (exact) mass is 213 g/mol. The zero-order valence-corrected chi connectivity index (χ0v) is 8.72. The highest BCUT2D eigenvalue weighted by Gasteiger charge is 2.20. The van der Waals surface area contributed by atoms with Crippen molar-refractivity contribution in [3.8, 4) is 6.07 Å². The summed E-state index contributed by atoms with van der Waals surface area (Å²) in [5.74, 6) is 0. The lowest BCUT2D eigenvalue weighted by Crippen LogP contribution is -2.15. The molecule has 0 saturated heterocycles. The van der Waals surface area contributed by atoms with Gasteiger partial charge in [-0.2, -0.15) is 10.4 Å². The van der Waals surface area contributed by atoms with Crippen LogP contribution in [-0.2, 0) is 6.54 Å². The molecule has 5 heteroatoms. The van der Waals surface area contributed by atoms with Crippen molar-refractivity contribution in [1.82, 2.24) is 19.9 Å². The molecule has 1 aliphatic rings. The topological polar surface area (TPSA) is 66.0 Å². The van der Waals surface area contributed by atoms with E-state index in [0.717, 1.165) is 12.1 Å². The normalized spacial score (nSPS) is 15.2. The molecule has 3 rings (SSSR count). The van der Waals surface area contributed by atoms with Gasteiger partial charge in [-0.15, -0.1) is 0 Å². The number of nitrogens with one attached hydrogen (secondary N) is 1. The lowest BCUT2D eigenvalue weighted by atomic mass is 10.3. The summed E-state index contributed by atoms with van der Waals surface area (Å²) in [6.45, 7) is 0.815. The van der Waals surface area contributed by atoms with Crippen molar-refractivity contribution >= 4 is 5.65 Å². The summed E-state index contributed by atoms with van der Waals surface area (Å²) in [6.07, 6.45) is 7.80. The number of nitrogens with zero attached hydrogens (tertiary/aromatic N) is 4. The Bertz CT molecular complexity index is 561. The van der Waals surface area contributed by atoms with Gasteiger partial charge in [0, 0.05) is 30.5 Å². The quantitative estimate of drug-likeness (QED) is 0.821. The molecule has 0 unspecified atom stereocenters. The number of aromatic nitrogens is 3. The van der Waals surface area contributed by atoms with Crippen LogP contribution in [0, 0.1) is 11.3 Å². The van der Waals surface area contributed by atoms with Crippen LogP contribution in [0.5, 0.6) is 0 Å². The van der Waals surface area contributed by atoms with Gasteiger partial charge in [0.05, 0.1) is 6.20 Å². The molecule has 80 valence electrons. The molecule has 0 aromatic carbocycles. The predicted octanol–water partition coefficient (Wildman–Crippen LogP) is 0.853. The zero-order valence-electron chi connectivity index (χ0n) is 8.72. The van der Waals surface area contributed by atoms with E-state index in [0.29, 0.717) is 17.3 Å². The maximum Gasteiger partial charge on any atom is 0.172 e. The van der Waals surface area contributed by atoms with Gasteiger partial charge in [0.15, 0.2) is 5.65 Å². The summed E-state index contributed by atoms with van der Waals surface area (Å²) in [4.78, 5) is 4.25. The van der Waals surface area contributed by atoms with Gasteiger partial charge in [-0.05, 0) is 12.8 Å². The standard InChI is InChI=1S/C11H11N5/c12-3-9-6-15-16-7-8(5-14-11(9)16)4-13-10-1-2-10/h5-7,10,13H,1-2,4H2. The minimum absolute atomic E-state index is 0.515. The molecule has 2 aromatic heterocycles. The number of hydrogen-bond acceptors (Lipinski definition) is 4. The third kappa shape index (κ3) is 1.64. The largest absolute Gasteiger partial charge is 0.310 e. The van der Waals surface area contributed by atoms with Crippen LogP contribution < -0.4 is 5.32 Å². The van der Waals surface area contributed by atoms with Gasteiger partial charge < -0.3 is 5.32 Å². The van der Waals surface area contributed by atoms with E-state index in [1.165, 1.54) is 12.8 Å². The molecule has 0 aliphatic heterocycles. The van der Waals surface area contributed by atoms with Crippen molar-refractivity contribution < 1.29 is 0 Å². The number of fused-ring (bicyclic) bond motifs is 1. The van der Waals surface area contributed by atoms with Crippen LogP contribution >= 0.6 is 0 Å². The van der Waals surface area contributed by atoms with Gasteiger partial charge >= 0.3 is 0 Å². The zero-order chi connectivity index (χ0) is 11.0. The van der Waals surface area contributed by atoms with E-state index in [1.807, 2.05) is 6.20 Å². The lowest BCUT2D eigenvalue weighted by Gasteiger charge is -2.02. The second-order valence-electron chi connectivity index (χ2n) is 4.06. The van der Waals surface area contributed by atoms with Crippen molar-refractivity contribution in [2.24, 2.45) is 0 Å². The molecule has 0 spiro atoms. The highest BCUT2D eigenvalue weighted by atomic mass is 15.2. The Balaban J connectivity index is 1.87. The lowest BCUT2D eigenvalue weighted by molar-refractivity contribution is 0.680. The molecule has 0 radical (unpaired) electrons. The average molecular weight is 213 g/mol. The van der Waals surface area contributed by atoms with E-state index in [9.17, 15) is 0 Å². The van der Waals surface area contributed by atoms with E-state index in [2.05, 4.69) is 21.5 Å². The number of rotatable bonds is 3. The molecule has 5 nitrogen and oxygen atoms in total. The predicted molar refractivity (Wildman–Crippen MR) is 57.6 cm³/mol. The van der Waals surface area contributed by atoms with Gasteiger partial charge in [0.1, 0.15) is 11.6 Å². The van der Waals surface area contributed by atoms with Crippen molar-refractivity contribution in [2.75, 3.05) is 0 Å². The summed E-state index contributed by atoms with van der Waals surface area (Å²) >= 11 is 0. The van der Waals surface area contributed by atoms with Crippen molar-refractivity contribution in [3.05, 3.63) is 29.7 Å². The molecule has 1 N–H and O–H groups in total. The molecule has 2 heterocycles. The fraction of sp³-hybridized carbons (Fsp3) is 0.364. The van der Waals surface area contributed by atoms with Crippen molar-refractivity contribution in [3.63, 3.8) is 0 Å². The van der Waals surface area contributed by atoms with Gasteiger partial charge in [-0.1, -0.05) is 0 Å². The minimum atomic E-state index is 0.515. The first-order valence-corrected chi connectivity index (χ1v) is 5.32. The molecule has 1 fully saturated rings. The first kappa shape index (κ1) is 9.31. The van der Waals surface area contributed by atoms with E-state index < -0.39 is 0 Å². The Morgan fingerprint density at radius 3 is 3.12 bits per heavy atom. The summed E-state index contributed by atoms with van der Waals surface area (Å²) < 4.78 is 1.66. The summed E-state index contributed by atoms with van der Waals surface area (Å²) in [5, 5.41) is 16.3. The van der Waals surface area contributed by atoms with E-state index in [1.54, 1.807) is 16.9 Å². The Hall–Kier alpha value is -1.93. The molecule has 0 amide bonds. The molecule has 16 heavy (non-hydrogen) atoms. The molecule has 0 bridgehead atoms. The Morgan fingerprint density at radius 1 is 1.50 bits per heavy atom. The second-order valence-corrected chi connectivity index (χ2v) is 4.06. The van der Waals surface area contributed by atoms with Gasteiger partial charge in [0.2, 0.25) is 0 Å². The number of hydrogen-bond donors (Lipinski definition) is 1. The first-order chi connectivity index (χ1) is 7.86. The average Bonchev–Trinajstić information content (AvgIpc) is 3.05. The van der Waals surface area contributed by atoms with Crippen LogP contribution in [0.3, 0.4) is 0 Å². The van der Waals surface area contributed by atoms with Crippen LogP contribution in [0.1, 0.15) is 24.0 Å². The van der Waals surface area contributed by atoms with E-state index in [4.69, 9.17) is 5.26 Å². The molecule has 0 atom stereocenters. The summed E-state index contributed by atoms with van der Waals surface area (Å²) in [7, 11) is 0. The molecular formula is C11H11N5. The minimum Gasteiger partial charge on any atom is -0.310 e. The summed E-state index contributed by atoms with van der Waals surface area (Å²) in [5.41, 5.74) is 2.23. The Kier molecular flexibility index (Phi) is 2.08. The fourth-order valence-corrected chi connectivity index (χ4v) is 1.63. The third-order valence-corrected chi connectivity index (χ3v) is 2.70. The van der Waals surface area contributed by atoms with Gasteiger partial charge in [-0.3, -0.25) is 0 Å². The van der Waals surface area contributed by atoms with Crippen molar-refractivity contribution in [2.45, 2.75) is 25.4 Å². The highest BCUT2D eigenvalue weighted by molar-refractivity contribution is 5.53. The fourth-order valence-electron chi connectivity index (χ4n) is 1.63. The van der Waals surface area contributed by atoms with E-state index >= 15 is 0 Å². The second kappa shape index (κ2) is 3.58. The first-order valence-electron chi connectivity index (χ1n) is 5.32. The third-order valence-electron chi connectivity index (χ3n) is 2.70. The molecular weight excluding hydrogens is 202 g/mol. The van der Waals surface area contributed by atoms with E-state index in [-0.39, 0.29) is 0 Å². The van der Waals surface area contributed by atoms with Crippen molar-refractivity contribution in [1.29, 1.82) is 5.26 Å². The smallest absolute Gasteiger partial charge is 0.172 e. The molecule has 1 saturated carbocycles. The van der Waals surface area contributed by atoms with Crippen LogP contribution in [0.15, 0.2) is 18.6 Å². The number of nitriles is 1. The van der Waals surface area contributed by atoms with Gasteiger partial charge in [-0.25, -0.2) is 9.50 Å².